The number of rotatable bonds is 4. The monoisotopic (exact) mass is 285 g/mol. The highest BCUT2D eigenvalue weighted by Gasteiger charge is 2.17. The van der Waals surface area contributed by atoms with Gasteiger partial charge >= 0.3 is 0 Å². The summed E-state index contributed by atoms with van der Waals surface area (Å²) in [7, 11) is 0. The standard InChI is InChI=1S/C17H23N3O/c1-12-6-5-7-13(10-12)8-9-16(21)18-15-11-14(19-20-15)17(2,3)4/h5-7,10-11H,8-9H2,1-4H3,(H2,18,19,20,21). The second-order valence-electron chi connectivity index (χ2n) is 6.45. The first-order valence-electron chi connectivity index (χ1n) is 7.26. The first-order chi connectivity index (χ1) is 9.84. The summed E-state index contributed by atoms with van der Waals surface area (Å²) in [6, 6.07) is 10.1. The van der Waals surface area contributed by atoms with Crippen LogP contribution < -0.4 is 5.32 Å². The molecule has 1 amide bonds. The highest BCUT2D eigenvalue weighted by molar-refractivity contribution is 5.89. The van der Waals surface area contributed by atoms with E-state index in [1.165, 1.54) is 11.1 Å². The van der Waals surface area contributed by atoms with Crippen LogP contribution >= 0.6 is 0 Å². The fraction of sp³-hybridized carbons (Fsp3) is 0.412. The van der Waals surface area contributed by atoms with Gasteiger partial charge in [-0.2, -0.15) is 5.10 Å². The lowest BCUT2D eigenvalue weighted by atomic mass is 9.92. The third kappa shape index (κ3) is 4.45. The molecule has 0 atom stereocenters. The average Bonchev–Trinajstić information content (AvgIpc) is 2.85. The molecule has 0 aliphatic carbocycles. The Bertz CT molecular complexity index is 623. The zero-order valence-electron chi connectivity index (χ0n) is 13.2. The van der Waals surface area contributed by atoms with Gasteiger partial charge in [-0.15, -0.1) is 0 Å². The molecule has 4 heteroatoms. The lowest BCUT2D eigenvalue weighted by molar-refractivity contribution is -0.116. The van der Waals surface area contributed by atoms with Crippen molar-refractivity contribution < 1.29 is 4.79 Å². The van der Waals surface area contributed by atoms with Crippen molar-refractivity contribution in [3.05, 3.63) is 47.2 Å². The van der Waals surface area contributed by atoms with Crippen LogP contribution in [0.4, 0.5) is 5.82 Å². The predicted molar refractivity (Wildman–Crippen MR) is 85.4 cm³/mol. The van der Waals surface area contributed by atoms with Crippen LogP contribution in [0.2, 0.25) is 0 Å². The van der Waals surface area contributed by atoms with E-state index in [0.29, 0.717) is 12.2 Å². The summed E-state index contributed by atoms with van der Waals surface area (Å²) in [5.41, 5.74) is 3.41. The van der Waals surface area contributed by atoms with Crippen LogP contribution in [0.5, 0.6) is 0 Å². The summed E-state index contributed by atoms with van der Waals surface area (Å²) in [5, 5.41) is 9.94. The van der Waals surface area contributed by atoms with Crippen LogP contribution in [0.3, 0.4) is 0 Å². The molecular weight excluding hydrogens is 262 g/mol. The number of carbonyl (C=O) groups excluding carboxylic acids is 1. The molecule has 0 bridgehead atoms. The van der Waals surface area contributed by atoms with E-state index in [1.807, 2.05) is 18.2 Å². The van der Waals surface area contributed by atoms with Crippen molar-refractivity contribution in [3.8, 4) is 0 Å². The first-order valence-corrected chi connectivity index (χ1v) is 7.26. The molecule has 2 aromatic rings. The van der Waals surface area contributed by atoms with Crippen LogP contribution in [0.1, 0.15) is 44.0 Å². The van der Waals surface area contributed by atoms with Gasteiger partial charge in [0.2, 0.25) is 5.91 Å². The molecule has 4 nitrogen and oxygen atoms in total. The maximum atomic E-state index is 12.0. The topological polar surface area (TPSA) is 57.8 Å². The number of aromatic amines is 1. The molecule has 0 fully saturated rings. The Labute approximate surface area is 126 Å². The second kappa shape index (κ2) is 6.12. The summed E-state index contributed by atoms with van der Waals surface area (Å²) >= 11 is 0. The fourth-order valence-corrected chi connectivity index (χ4v) is 2.10. The van der Waals surface area contributed by atoms with Crippen LogP contribution in [0.25, 0.3) is 0 Å². The largest absolute Gasteiger partial charge is 0.309 e. The lowest BCUT2D eigenvalue weighted by Crippen LogP contribution is -2.13. The van der Waals surface area contributed by atoms with E-state index in [4.69, 9.17) is 0 Å². The molecule has 112 valence electrons. The number of carbonyl (C=O) groups is 1. The molecular formula is C17H23N3O. The van der Waals surface area contributed by atoms with Gasteiger partial charge in [0.15, 0.2) is 5.82 Å². The zero-order valence-corrected chi connectivity index (χ0v) is 13.2. The number of hydrogen-bond acceptors (Lipinski definition) is 2. The normalized spacial score (nSPS) is 11.4. The van der Waals surface area contributed by atoms with Gasteiger partial charge in [-0.25, -0.2) is 0 Å². The number of nitrogens with zero attached hydrogens (tertiary/aromatic N) is 1. The van der Waals surface area contributed by atoms with Crippen LogP contribution in [-0.2, 0) is 16.6 Å². The third-order valence-corrected chi connectivity index (χ3v) is 3.38. The molecule has 1 aromatic heterocycles. The summed E-state index contributed by atoms with van der Waals surface area (Å²) in [6.07, 6.45) is 1.20. The Morgan fingerprint density at radius 1 is 1.29 bits per heavy atom. The van der Waals surface area contributed by atoms with Gasteiger partial charge in [-0.3, -0.25) is 9.89 Å². The number of nitrogens with one attached hydrogen (secondary N) is 2. The molecule has 2 rings (SSSR count). The van der Waals surface area contributed by atoms with E-state index in [0.717, 1.165) is 12.1 Å². The van der Waals surface area contributed by atoms with Gasteiger partial charge in [-0.05, 0) is 18.9 Å². The van der Waals surface area contributed by atoms with Crippen molar-refractivity contribution in [1.29, 1.82) is 0 Å². The van der Waals surface area contributed by atoms with Gasteiger partial charge < -0.3 is 5.32 Å². The van der Waals surface area contributed by atoms with Crippen molar-refractivity contribution in [2.24, 2.45) is 0 Å². The lowest BCUT2D eigenvalue weighted by Gasteiger charge is -2.14. The number of aryl methyl sites for hydroxylation is 2. The van der Waals surface area contributed by atoms with E-state index in [-0.39, 0.29) is 11.3 Å². The maximum Gasteiger partial charge on any atom is 0.225 e. The van der Waals surface area contributed by atoms with Crippen molar-refractivity contribution in [3.63, 3.8) is 0 Å². The number of benzene rings is 1. The molecule has 0 saturated carbocycles. The van der Waals surface area contributed by atoms with E-state index < -0.39 is 0 Å². The third-order valence-electron chi connectivity index (χ3n) is 3.38. The molecule has 0 unspecified atom stereocenters. The number of hydrogen-bond donors (Lipinski definition) is 2. The smallest absolute Gasteiger partial charge is 0.225 e. The highest BCUT2D eigenvalue weighted by Crippen LogP contribution is 2.22. The highest BCUT2D eigenvalue weighted by atomic mass is 16.1. The van der Waals surface area contributed by atoms with Crippen LogP contribution in [-0.4, -0.2) is 16.1 Å². The minimum Gasteiger partial charge on any atom is -0.309 e. The Hall–Kier alpha value is -2.10. The van der Waals surface area contributed by atoms with Crippen molar-refractivity contribution in [1.82, 2.24) is 10.2 Å². The molecule has 1 aromatic carbocycles. The molecule has 0 radical (unpaired) electrons. The van der Waals surface area contributed by atoms with Crippen molar-refractivity contribution in [2.45, 2.75) is 46.0 Å². The number of H-pyrrole nitrogens is 1. The molecule has 0 saturated heterocycles. The molecule has 21 heavy (non-hydrogen) atoms. The van der Waals surface area contributed by atoms with E-state index in [1.54, 1.807) is 0 Å². The van der Waals surface area contributed by atoms with Gasteiger partial charge in [0.05, 0.1) is 0 Å². The molecule has 0 aliphatic heterocycles. The van der Waals surface area contributed by atoms with Crippen LogP contribution in [0, 0.1) is 6.92 Å². The van der Waals surface area contributed by atoms with E-state index in [9.17, 15) is 4.79 Å². The van der Waals surface area contributed by atoms with E-state index in [2.05, 4.69) is 55.3 Å². The molecule has 0 spiro atoms. The Balaban J connectivity index is 1.89. The quantitative estimate of drug-likeness (QED) is 0.902. The SMILES string of the molecule is Cc1cccc(CCC(=O)Nc2cc(C(C)(C)C)[nH]n2)c1. The molecule has 0 aliphatic rings. The Morgan fingerprint density at radius 2 is 2.05 bits per heavy atom. The molecule has 1 heterocycles. The van der Waals surface area contributed by atoms with Gasteiger partial charge in [0.1, 0.15) is 0 Å². The summed E-state index contributed by atoms with van der Waals surface area (Å²) < 4.78 is 0. The minimum absolute atomic E-state index is 0.00244. The van der Waals surface area contributed by atoms with Crippen molar-refractivity contribution >= 4 is 11.7 Å². The first kappa shape index (κ1) is 15.3. The number of amides is 1. The van der Waals surface area contributed by atoms with E-state index >= 15 is 0 Å². The maximum absolute atomic E-state index is 12.0. The summed E-state index contributed by atoms with van der Waals surface area (Å²) in [6.45, 7) is 8.36. The van der Waals surface area contributed by atoms with Gasteiger partial charge in [0, 0.05) is 23.6 Å². The van der Waals surface area contributed by atoms with Gasteiger partial charge in [0.25, 0.3) is 0 Å². The predicted octanol–water partition coefficient (Wildman–Crippen LogP) is 3.59. The summed E-state index contributed by atoms with van der Waals surface area (Å²) in [4.78, 5) is 12.0. The van der Waals surface area contributed by atoms with Crippen LogP contribution in [0.15, 0.2) is 30.3 Å². The fourth-order valence-electron chi connectivity index (χ4n) is 2.10. The Kier molecular flexibility index (Phi) is 4.46. The average molecular weight is 285 g/mol. The van der Waals surface area contributed by atoms with Gasteiger partial charge in [-0.1, -0.05) is 50.6 Å². The minimum atomic E-state index is -0.0107. The molecule has 2 N–H and O–H groups in total. The number of aromatic nitrogens is 2. The second-order valence-corrected chi connectivity index (χ2v) is 6.45. The van der Waals surface area contributed by atoms with Crippen molar-refractivity contribution in [2.75, 3.05) is 5.32 Å². The zero-order chi connectivity index (χ0) is 15.5. The summed E-state index contributed by atoms with van der Waals surface area (Å²) in [5.74, 6) is 0.581. The Morgan fingerprint density at radius 3 is 2.67 bits per heavy atom. The number of anilines is 1.